The van der Waals surface area contributed by atoms with Crippen molar-refractivity contribution in [3.63, 3.8) is 0 Å². The highest BCUT2D eigenvalue weighted by atomic mass is 32.2. The van der Waals surface area contributed by atoms with Crippen molar-refractivity contribution in [3.05, 3.63) is 29.4 Å². The quantitative estimate of drug-likeness (QED) is 0.523. The van der Waals surface area contributed by atoms with Gasteiger partial charge in [0, 0.05) is 16.8 Å². The van der Waals surface area contributed by atoms with Crippen LogP contribution >= 0.6 is 23.1 Å². The van der Waals surface area contributed by atoms with E-state index in [0.717, 1.165) is 22.7 Å². The topological polar surface area (TPSA) is 54.9 Å². The summed E-state index contributed by atoms with van der Waals surface area (Å²) in [4.78, 5) is 23.3. The minimum absolute atomic E-state index is 0.0125. The van der Waals surface area contributed by atoms with Gasteiger partial charge in [0.15, 0.2) is 0 Å². The first-order valence-corrected chi connectivity index (χ1v) is 8.71. The van der Waals surface area contributed by atoms with E-state index >= 15 is 0 Å². The molecule has 3 rings (SSSR count). The van der Waals surface area contributed by atoms with Crippen LogP contribution in [0.1, 0.15) is 23.8 Å². The van der Waals surface area contributed by atoms with E-state index in [9.17, 15) is 4.79 Å². The molecule has 1 aliphatic carbocycles. The molecular weight excluding hydrogens is 302 g/mol. The molecule has 0 aliphatic heterocycles. The molecule has 0 radical (unpaired) electrons. The normalized spacial score (nSPS) is 14.9. The Bertz CT molecular complexity index is 696. The van der Waals surface area contributed by atoms with E-state index in [-0.39, 0.29) is 11.2 Å². The molecule has 0 saturated carbocycles. The number of carbonyl (C=O) groups is 1. The molecule has 6 heteroatoms. The van der Waals surface area contributed by atoms with Crippen LogP contribution in [0, 0.1) is 0 Å². The Kier molecular flexibility index (Phi) is 4.26. The molecule has 0 spiro atoms. The van der Waals surface area contributed by atoms with Crippen molar-refractivity contribution in [2.45, 2.75) is 36.5 Å². The van der Waals surface area contributed by atoms with Gasteiger partial charge in [0.25, 0.3) is 0 Å². The minimum atomic E-state index is -0.181. The molecule has 0 bridgehead atoms. The Hall–Kier alpha value is -1.40. The molecule has 21 heavy (non-hydrogen) atoms. The van der Waals surface area contributed by atoms with E-state index in [1.165, 1.54) is 34.0 Å². The second-order valence-corrected chi connectivity index (χ2v) is 7.42. The van der Waals surface area contributed by atoms with Crippen molar-refractivity contribution >= 4 is 39.2 Å². The smallest absolute Gasteiger partial charge is 0.233 e. The second-order valence-electron chi connectivity index (χ2n) is 5.01. The fourth-order valence-corrected chi connectivity index (χ4v) is 4.79. The van der Waals surface area contributed by atoms with Gasteiger partial charge in [-0.1, -0.05) is 17.8 Å². The van der Waals surface area contributed by atoms with Gasteiger partial charge in [-0.05, 0) is 31.7 Å². The van der Waals surface area contributed by atoms with Gasteiger partial charge in [-0.25, -0.2) is 9.97 Å². The van der Waals surface area contributed by atoms with E-state index in [0.29, 0.717) is 6.54 Å². The zero-order chi connectivity index (χ0) is 14.8. The molecule has 0 aromatic carbocycles. The lowest BCUT2D eigenvalue weighted by Crippen LogP contribution is -2.30. The van der Waals surface area contributed by atoms with Crippen LogP contribution in [0.2, 0.25) is 0 Å². The lowest BCUT2D eigenvalue weighted by Gasteiger charge is -2.11. The molecule has 110 valence electrons. The number of aromatic nitrogens is 2. The molecular formula is C15H17N3OS2. The van der Waals surface area contributed by atoms with Crippen LogP contribution in [0.15, 0.2) is 24.0 Å². The summed E-state index contributed by atoms with van der Waals surface area (Å²) in [7, 11) is 0. The summed E-state index contributed by atoms with van der Waals surface area (Å²) < 4.78 is 0. The third kappa shape index (κ3) is 2.82. The van der Waals surface area contributed by atoms with Crippen LogP contribution in [-0.4, -0.2) is 27.7 Å². The lowest BCUT2D eigenvalue weighted by atomic mass is 10.2. The Balaban J connectivity index is 1.87. The number of aryl methyl sites for hydroxylation is 2. The SMILES string of the molecule is C=CCNC(=O)C(C)Sc1ncnc2sc3c(c12)CCC3. The third-order valence-electron chi connectivity index (χ3n) is 3.54. The van der Waals surface area contributed by atoms with Crippen LogP contribution in [0.25, 0.3) is 10.2 Å². The molecule has 0 fully saturated rings. The fourth-order valence-electron chi connectivity index (χ4n) is 2.53. The number of fused-ring (bicyclic) bond motifs is 3. The number of carbonyl (C=O) groups excluding carboxylic acids is 1. The predicted molar refractivity (Wildman–Crippen MR) is 88.0 cm³/mol. The second kappa shape index (κ2) is 6.15. The summed E-state index contributed by atoms with van der Waals surface area (Å²) in [5.41, 5.74) is 1.40. The van der Waals surface area contributed by atoms with Crippen molar-refractivity contribution in [1.82, 2.24) is 15.3 Å². The largest absolute Gasteiger partial charge is 0.352 e. The minimum Gasteiger partial charge on any atom is -0.352 e. The Labute approximate surface area is 132 Å². The summed E-state index contributed by atoms with van der Waals surface area (Å²) in [6.07, 6.45) is 6.75. The van der Waals surface area contributed by atoms with Crippen LogP contribution < -0.4 is 5.32 Å². The molecule has 1 N–H and O–H groups in total. The molecule has 0 saturated heterocycles. The van der Waals surface area contributed by atoms with E-state index in [4.69, 9.17) is 0 Å². The van der Waals surface area contributed by atoms with Crippen molar-refractivity contribution < 1.29 is 4.79 Å². The first-order chi connectivity index (χ1) is 10.2. The van der Waals surface area contributed by atoms with Crippen LogP contribution in [-0.2, 0) is 17.6 Å². The van der Waals surface area contributed by atoms with Gasteiger partial charge in [0.2, 0.25) is 5.91 Å². The number of amides is 1. The first kappa shape index (κ1) is 14.5. The van der Waals surface area contributed by atoms with Gasteiger partial charge in [-0.3, -0.25) is 4.79 Å². The van der Waals surface area contributed by atoms with Crippen molar-refractivity contribution in [2.75, 3.05) is 6.54 Å². The summed E-state index contributed by atoms with van der Waals surface area (Å²) in [6, 6.07) is 0. The van der Waals surface area contributed by atoms with Crippen LogP contribution in [0.3, 0.4) is 0 Å². The average molecular weight is 319 g/mol. The zero-order valence-corrected chi connectivity index (χ0v) is 13.5. The van der Waals surface area contributed by atoms with Gasteiger partial charge in [-0.15, -0.1) is 17.9 Å². The maximum atomic E-state index is 12.0. The van der Waals surface area contributed by atoms with E-state index in [2.05, 4.69) is 21.9 Å². The van der Waals surface area contributed by atoms with E-state index < -0.39 is 0 Å². The molecule has 2 aromatic heterocycles. The Morgan fingerprint density at radius 1 is 1.57 bits per heavy atom. The molecule has 1 aliphatic rings. The first-order valence-electron chi connectivity index (χ1n) is 7.01. The summed E-state index contributed by atoms with van der Waals surface area (Å²) in [5.74, 6) is 0.0125. The van der Waals surface area contributed by atoms with Gasteiger partial charge >= 0.3 is 0 Å². The van der Waals surface area contributed by atoms with E-state index in [1.807, 2.05) is 6.92 Å². The van der Waals surface area contributed by atoms with E-state index in [1.54, 1.807) is 23.7 Å². The fraction of sp³-hybridized carbons (Fsp3) is 0.400. The van der Waals surface area contributed by atoms with Gasteiger partial charge in [-0.2, -0.15) is 0 Å². The molecule has 2 aromatic rings. The van der Waals surface area contributed by atoms with Gasteiger partial charge in [0.05, 0.1) is 5.25 Å². The van der Waals surface area contributed by atoms with Gasteiger partial charge in [0.1, 0.15) is 16.2 Å². The van der Waals surface area contributed by atoms with Crippen molar-refractivity contribution in [1.29, 1.82) is 0 Å². The lowest BCUT2D eigenvalue weighted by molar-refractivity contribution is -0.120. The summed E-state index contributed by atoms with van der Waals surface area (Å²) in [5, 5.41) is 4.75. The maximum absolute atomic E-state index is 12.0. The molecule has 1 atom stereocenters. The standard InChI is InChI=1S/C15H17N3OS2/c1-3-7-16-13(19)9(2)20-14-12-10-5-4-6-11(10)21-15(12)18-8-17-14/h3,8-9H,1,4-7H2,2H3,(H,16,19). The number of hydrogen-bond acceptors (Lipinski definition) is 5. The zero-order valence-electron chi connectivity index (χ0n) is 11.9. The molecule has 1 unspecified atom stereocenters. The average Bonchev–Trinajstić information content (AvgIpc) is 3.05. The molecule has 4 nitrogen and oxygen atoms in total. The molecule has 1 amide bonds. The predicted octanol–water partition coefficient (Wildman–Crippen LogP) is 2.96. The number of thiophene rings is 1. The monoisotopic (exact) mass is 319 g/mol. The van der Waals surface area contributed by atoms with Crippen molar-refractivity contribution in [3.8, 4) is 0 Å². The molecule has 2 heterocycles. The summed E-state index contributed by atoms with van der Waals surface area (Å²) in [6.45, 7) is 6.01. The van der Waals surface area contributed by atoms with Crippen LogP contribution in [0.4, 0.5) is 0 Å². The van der Waals surface area contributed by atoms with Crippen LogP contribution in [0.5, 0.6) is 0 Å². The Morgan fingerprint density at radius 3 is 3.24 bits per heavy atom. The van der Waals surface area contributed by atoms with Gasteiger partial charge < -0.3 is 5.32 Å². The highest BCUT2D eigenvalue weighted by molar-refractivity contribution is 8.00. The number of hydrogen-bond donors (Lipinski definition) is 1. The third-order valence-corrected chi connectivity index (χ3v) is 5.85. The maximum Gasteiger partial charge on any atom is 0.233 e. The highest BCUT2D eigenvalue weighted by Gasteiger charge is 2.23. The number of nitrogens with zero attached hydrogens (tertiary/aromatic N) is 2. The number of rotatable bonds is 5. The summed E-state index contributed by atoms with van der Waals surface area (Å²) >= 11 is 3.28. The highest BCUT2D eigenvalue weighted by Crippen LogP contribution is 2.40. The van der Waals surface area contributed by atoms with Crippen molar-refractivity contribution in [2.24, 2.45) is 0 Å². The Morgan fingerprint density at radius 2 is 2.43 bits per heavy atom. The number of nitrogens with one attached hydrogen (secondary N) is 1. The number of thioether (sulfide) groups is 1.